The van der Waals surface area contributed by atoms with Crippen LogP contribution in [-0.2, 0) is 11.4 Å². The Balaban J connectivity index is 2.14. The van der Waals surface area contributed by atoms with Crippen molar-refractivity contribution in [1.29, 1.82) is 0 Å². The van der Waals surface area contributed by atoms with E-state index in [2.05, 4.69) is 0 Å². The second-order valence-corrected chi connectivity index (χ2v) is 5.45. The molecule has 0 aromatic heterocycles. The fourth-order valence-corrected chi connectivity index (χ4v) is 2.33. The minimum absolute atomic E-state index is 0.261. The van der Waals surface area contributed by atoms with Gasteiger partial charge in [-0.15, -0.1) is 0 Å². The molecule has 120 valence electrons. The smallest absolute Gasteiger partial charge is 0.328 e. The van der Waals surface area contributed by atoms with Crippen molar-refractivity contribution in [1.82, 2.24) is 0 Å². The van der Waals surface area contributed by atoms with Crippen LogP contribution in [0.2, 0.25) is 10.0 Å². The number of carboxylic acid groups (broad SMARTS) is 1. The van der Waals surface area contributed by atoms with E-state index >= 15 is 0 Å². The summed E-state index contributed by atoms with van der Waals surface area (Å²) in [5.41, 5.74) is 1.49. The highest BCUT2D eigenvalue weighted by atomic mass is 35.5. The Kier molecular flexibility index (Phi) is 5.90. The quantitative estimate of drug-likeness (QED) is 0.767. The monoisotopic (exact) mass is 352 g/mol. The molecule has 0 unspecified atom stereocenters. The van der Waals surface area contributed by atoms with Crippen LogP contribution in [0.3, 0.4) is 0 Å². The van der Waals surface area contributed by atoms with Crippen LogP contribution in [0, 0.1) is 0 Å². The van der Waals surface area contributed by atoms with Crippen molar-refractivity contribution in [3.63, 3.8) is 0 Å². The summed E-state index contributed by atoms with van der Waals surface area (Å²) in [5.74, 6) is 0.0234. The Morgan fingerprint density at radius 3 is 2.61 bits per heavy atom. The highest BCUT2D eigenvalue weighted by Gasteiger charge is 2.07. The second-order valence-electron chi connectivity index (χ2n) is 4.61. The summed E-state index contributed by atoms with van der Waals surface area (Å²) in [5, 5.41) is 9.73. The number of carboxylic acids is 1. The van der Waals surface area contributed by atoms with Gasteiger partial charge in [0.1, 0.15) is 6.61 Å². The van der Waals surface area contributed by atoms with Crippen LogP contribution < -0.4 is 9.47 Å². The van der Waals surface area contributed by atoms with Gasteiger partial charge in [-0.05, 0) is 35.9 Å². The topological polar surface area (TPSA) is 55.8 Å². The lowest BCUT2D eigenvalue weighted by Crippen LogP contribution is -1.98. The van der Waals surface area contributed by atoms with Gasteiger partial charge in [-0.3, -0.25) is 0 Å². The molecule has 2 aromatic rings. The van der Waals surface area contributed by atoms with E-state index in [-0.39, 0.29) is 6.61 Å². The molecule has 0 heterocycles. The zero-order valence-corrected chi connectivity index (χ0v) is 13.8. The van der Waals surface area contributed by atoms with Gasteiger partial charge in [0.15, 0.2) is 11.5 Å². The molecule has 6 heteroatoms. The Morgan fingerprint density at radius 1 is 1.17 bits per heavy atom. The van der Waals surface area contributed by atoms with Gasteiger partial charge in [0.05, 0.1) is 7.11 Å². The van der Waals surface area contributed by atoms with Crippen LogP contribution in [0.1, 0.15) is 11.1 Å². The van der Waals surface area contributed by atoms with Crippen LogP contribution in [0.15, 0.2) is 42.5 Å². The van der Waals surface area contributed by atoms with Gasteiger partial charge in [-0.25, -0.2) is 4.79 Å². The molecule has 4 nitrogen and oxygen atoms in total. The maximum absolute atomic E-state index is 10.5. The first-order valence-electron chi connectivity index (χ1n) is 6.65. The molecule has 0 saturated heterocycles. The Hall–Kier alpha value is -2.17. The van der Waals surface area contributed by atoms with Crippen LogP contribution in [0.4, 0.5) is 0 Å². The molecule has 0 amide bonds. The Morgan fingerprint density at radius 2 is 1.96 bits per heavy atom. The van der Waals surface area contributed by atoms with Gasteiger partial charge in [0.2, 0.25) is 0 Å². The number of hydrogen-bond donors (Lipinski definition) is 1. The van der Waals surface area contributed by atoms with Gasteiger partial charge in [0, 0.05) is 21.7 Å². The molecule has 0 atom stereocenters. The van der Waals surface area contributed by atoms with Gasteiger partial charge in [-0.1, -0.05) is 35.3 Å². The van der Waals surface area contributed by atoms with Crippen LogP contribution in [-0.4, -0.2) is 18.2 Å². The number of methoxy groups -OCH3 is 1. The van der Waals surface area contributed by atoms with E-state index in [4.69, 9.17) is 37.8 Å². The van der Waals surface area contributed by atoms with E-state index in [9.17, 15) is 4.79 Å². The number of benzene rings is 2. The summed E-state index contributed by atoms with van der Waals surface area (Å²) in [7, 11) is 1.52. The van der Waals surface area contributed by atoms with Crippen molar-refractivity contribution in [2.75, 3.05) is 7.11 Å². The number of halogens is 2. The zero-order valence-electron chi connectivity index (χ0n) is 12.3. The molecule has 23 heavy (non-hydrogen) atoms. The number of ether oxygens (including phenoxy) is 2. The van der Waals surface area contributed by atoms with Gasteiger partial charge < -0.3 is 14.6 Å². The zero-order chi connectivity index (χ0) is 16.8. The lowest BCUT2D eigenvalue weighted by Gasteiger charge is -2.12. The standard InChI is InChI=1S/C17H14Cl2O4/c1-22-16-8-11(3-7-17(20)21)2-6-15(16)23-10-12-4-5-13(18)9-14(12)19/h2-9H,10H2,1H3,(H,20,21). The fraction of sp³-hybridized carbons (Fsp3) is 0.118. The summed E-state index contributed by atoms with van der Waals surface area (Å²) >= 11 is 12.0. The minimum atomic E-state index is -1.01. The predicted octanol–water partition coefficient (Wildman–Crippen LogP) is 4.68. The first-order chi connectivity index (χ1) is 11.0. The third-order valence-electron chi connectivity index (χ3n) is 3.00. The molecule has 0 fully saturated rings. The number of rotatable bonds is 6. The molecular weight excluding hydrogens is 339 g/mol. The highest BCUT2D eigenvalue weighted by molar-refractivity contribution is 6.35. The van der Waals surface area contributed by atoms with E-state index < -0.39 is 5.97 Å². The first kappa shape index (κ1) is 17.2. The first-order valence-corrected chi connectivity index (χ1v) is 7.41. The fourth-order valence-electron chi connectivity index (χ4n) is 1.87. The molecule has 0 saturated carbocycles. The molecule has 1 N–H and O–H groups in total. The summed E-state index contributed by atoms with van der Waals surface area (Å²) in [4.78, 5) is 10.5. The van der Waals surface area contributed by atoms with Crippen molar-refractivity contribution in [3.8, 4) is 11.5 Å². The van der Waals surface area contributed by atoms with Crippen LogP contribution >= 0.6 is 23.2 Å². The average molecular weight is 353 g/mol. The highest BCUT2D eigenvalue weighted by Crippen LogP contribution is 2.30. The molecule has 0 aliphatic heterocycles. The summed E-state index contributed by atoms with van der Waals surface area (Å²) in [6, 6.07) is 10.3. The normalized spacial score (nSPS) is 10.7. The van der Waals surface area contributed by atoms with Crippen molar-refractivity contribution < 1.29 is 19.4 Å². The lowest BCUT2D eigenvalue weighted by molar-refractivity contribution is -0.131. The summed E-state index contributed by atoms with van der Waals surface area (Å²) in [6.07, 6.45) is 2.54. The van der Waals surface area contributed by atoms with Crippen molar-refractivity contribution >= 4 is 35.2 Å². The SMILES string of the molecule is COc1cc(C=CC(=O)O)ccc1OCc1ccc(Cl)cc1Cl. The predicted molar refractivity (Wildman–Crippen MR) is 90.5 cm³/mol. The molecule has 0 spiro atoms. The molecule has 0 radical (unpaired) electrons. The Labute approximate surface area is 143 Å². The second kappa shape index (κ2) is 7.90. The van der Waals surface area contributed by atoms with Crippen molar-refractivity contribution in [2.45, 2.75) is 6.61 Å². The maximum Gasteiger partial charge on any atom is 0.328 e. The molecule has 0 aliphatic rings. The third kappa shape index (κ3) is 4.91. The van der Waals surface area contributed by atoms with E-state index in [0.717, 1.165) is 11.6 Å². The largest absolute Gasteiger partial charge is 0.493 e. The minimum Gasteiger partial charge on any atom is -0.493 e. The van der Waals surface area contributed by atoms with Crippen molar-refractivity contribution in [3.05, 3.63) is 63.6 Å². The average Bonchev–Trinajstić information content (AvgIpc) is 2.52. The third-order valence-corrected chi connectivity index (χ3v) is 3.59. The van der Waals surface area contributed by atoms with Gasteiger partial charge in [0.25, 0.3) is 0 Å². The van der Waals surface area contributed by atoms with E-state index in [0.29, 0.717) is 27.1 Å². The number of hydrogen-bond acceptors (Lipinski definition) is 3. The maximum atomic E-state index is 10.5. The van der Waals surface area contributed by atoms with E-state index in [1.165, 1.54) is 13.2 Å². The van der Waals surface area contributed by atoms with E-state index in [1.54, 1.807) is 36.4 Å². The lowest BCUT2D eigenvalue weighted by atomic mass is 10.2. The molecule has 2 rings (SSSR count). The summed E-state index contributed by atoms with van der Waals surface area (Å²) in [6.45, 7) is 0.261. The van der Waals surface area contributed by atoms with E-state index in [1.807, 2.05) is 0 Å². The number of carbonyl (C=O) groups is 1. The van der Waals surface area contributed by atoms with Crippen LogP contribution in [0.5, 0.6) is 11.5 Å². The van der Waals surface area contributed by atoms with Gasteiger partial charge >= 0.3 is 5.97 Å². The van der Waals surface area contributed by atoms with Crippen LogP contribution in [0.25, 0.3) is 6.08 Å². The van der Waals surface area contributed by atoms with Gasteiger partial charge in [-0.2, -0.15) is 0 Å². The molecule has 0 bridgehead atoms. The Bertz CT molecular complexity index is 741. The number of aliphatic carboxylic acids is 1. The molecular formula is C17H14Cl2O4. The summed E-state index contributed by atoms with van der Waals surface area (Å²) < 4.78 is 11.0. The van der Waals surface area contributed by atoms with Crippen molar-refractivity contribution in [2.24, 2.45) is 0 Å². The molecule has 2 aromatic carbocycles. The molecule has 0 aliphatic carbocycles.